The van der Waals surface area contributed by atoms with E-state index in [0.29, 0.717) is 31.9 Å². The van der Waals surface area contributed by atoms with E-state index < -0.39 is 10.0 Å². The molecule has 2 N–H and O–H groups in total. The number of nitrogens with one attached hydrogen (secondary N) is 2. The van der Waals surface area contributed by atoms with E-state index in [0.717, 1.165) is 19.1 Å². The van der Waals surface area contributed by atoms with Gasteiger partial charge in [-0.1, -0.05) is 6.92 Å². The van der Waals surface area contributed by atoms with Gasteiger partial charge >= 0.3 is 0 Å². The maximum absolute atomic E-state index is 12.3. The zero-order chi connectivity index (χ0) is 15.5. The Kier molecular flexibility index (Phi) is 4.94. The van der Waals surface area contributed by atoms with Gasteiger partial charge in [0.1, 0.15) is 5.82 Å². The first-order valence-electron chi connectivity index (χ1n) is 7.04. The van der Waals surface area contributed by atoms with Crippen LogP contribution in [0.3, 0.4) is 0 Å². The summed E-state index contributed by atoms with van der Waals surface area (Å²) in [6.07, 6.45) is 3.59. The fourth-order valence-corrected chi connectivity index (χ4v) is 2.91. The minimum absolute atomic E-state index is 0.127. The molecule has 8 nitrogen and oxygen atoms in total. The number of sulfonamides is 1. The van der Waals surface area contributed by atoms with Crippen molar-refractivity contribution in [2.45, 2.75) is 26.2 Å². The van der Waals surface area contributed by atoms with Crippen LogP contribution in [0.15, 0.2) is 0 Å². The Balaban J connectivity index is 1.95. The highest BCUT2D eigenvalue weighted by molar-refractivity contribution is 7.88. The molecule has 9 heteroatoms. The number of hydrogen-bond acceptors (Lipinski definition) is 5. The SMILES string of the molecule is CCc1nc(C(=O)N2CCCC(CNS(C)(=O)=O)C2)n[nH]1. The van der Waals surface area contributed by atoms with E-state index in [-0.39, 0.29) is 17.6 Å². The summed E-state index contributed by atoms with van der Waals surface area (Å²) in [5, 5.41) is 6.67. The van der Waals surface area contributed by atoms with Crippen molar-refractivity contribution in [1.29, 1.82) is 0 Å². The zero-order valence-electron chi connectivity index (χ0n) is 12.3. The van der Waals surface area contributed by atoms with Gasteiger partial charge < -0.3 is 4.90 Å². The lowest BCUT2D eigenvalue weighted by atomic mass is 9.98. The van der Waals surface area contributed by atoms with Gasteiger partial charge in [-0.25, -0.2) is 18.1 Å². The molecule has 1 saturated heterocycles. The van der Waals surface area contributed by atoms with Crippen molar-refractivity contribution >= 4 is 15.9 Å². The number of nitrogens with zero attached hydrogens (tertiary/aromatic N) is 3. The van der Waals surface area contributed by atoms with Crippen molar-refractivity contribution in [3.05, 3.63) is 11.6 Å². The monoisotopic (exact) mass is 315 g/mol. The minimum atomic E-state index is -3.20. The smallest absolute Gasteiger partial charge is 0.293 e. The molecule has 1 aromatic heterocycles. The molecule has 0 aliphatic carbocycles. The maximum atomic E-state index is 12.3. The molecule has 1 aliphatic heterocycles. The van der Waals surface area contributed by atoms with E-state index in [4.69, 9.17) is 0 Å². The van der Waals surface area contributed by atoms with Gasteiger partial charge in [0.05, 0.1) is 6.26 Å². The molecule has 1 unspecified atom stereocenters. The second-order valence-corrected chi connectivity index (χ2v) is 7.17. The predicted octanol–water partition coefficient (Wildman–Crippen LogP) is -0.231. The molecule has 21 heavy (non-hydrogen) atoms. The van der Waals surface area contributed by atoms with Crippen LogP contribution in [0.1, 0.15) is 36.2 Å². The average Bonchev–Trinajstić information content (AvgIpc) is 2.93. The highest BCUT2D eigenvalue weighted by atomic mass is 32.2. The number of carbonyl (C=O) groups is 1. The van der Waals surface area contributed by atoms with Crippen LogP contribution in [0.2, 0.25) is 0 Å². The number of aryl methyl sites for hydroxylation is 1. The van der Waals surface area contributed by atoms with Crippen molar-refractivity contribution in [1.82, 2.24) is 24.8 Å². The summed E-state index contributed by atoms with van der Waals surface area (Å²) in [7, 11) is -3.20. The van der Waals surface area contributed by atoms with Crippen LogP contribution in [-0.4, -0.2) is 60.3 Å². The highest BCUT2D eigenvalue weighted by Gasteiger charge is 2.27. The fraction of sp³-hybridized carbons (Fsp3) is 0.750. The van der Waals surface area contributed by atoms with Gasteiger partial charge in [0.25, 0.3) is 5.91 Å². The van der Waals surface area contributed by atoms with E-state index in [9.17, 15) is 13.2 Å². The first-order valence-corrected chi connectivity index (χ1v) is 8.93. The molecule has 0 aromatic carbocycles. The summed E-state index contributed by atoms with van der Waals surface area (Å²) in [6, 6.07) is 0. The quantitative estimate of drug-likeness (QED) is 0.780. The Morgan fingerprint density at radius 2 is 2.29 bits per heavy atom. The highest BCUT2D eigenvalue weighted by Crippen LogP contribution is 2.17. The Labute approximate surface area is 124 Å². The first kappa shape index (κ1) is 15.9. The number of rotatable bonds is 5. The topological polar surface area (TPSA) is 108 Å². The van der Waals surface area contributed by atoms with Gasteiger partial charge in [0, 0.05) is 26.1 Å². The van der Waals surface area contributed by atoms with Crippen molar-refractivity contribution in [2.75, 3.05) is 25.9 Å². The summed E-state index contributed by atoms with van der Waals surface area (Å²) in [5.41, 5.74) is 0. The molecule has 1 atom stereocenters. The Bertz CT molecular complexity index is 598. The van der Waals surface area contributed by atoms with Crippen LogP contribution in [-0.2, 0) is 16.4 Å². The van der Waals surface area contributed by atoms with Gasteiger partial charge in [-0.15, -0.1) is 5.10 Å². The zero-order valence-corrected chi connectivity index (χ0v) is 13.1. The molecule has 0 radical (unpaired) electrons. The van der Waals surface area contributed by atoms with Crippen LogP contribution in [0.5, 0.6) is 0 Å². The molecular weight excluding hydrogens is 294 g/mol. The summed E-state index contributed by atoms with van der Waals surface area (Å²) in [4.78, 5) is 18.2. The van der Waals surface area contributed by atoms with Crippen molar-refractivity contribution in [2.24, 2.45) is 5.92 Å². The number of aromatic nitrogens is 3. The van der Waals surface area contributed by atoms with E-state index >= 15 is 0 Å². The molecule has 118 valence electrons. The second-order valence-electron chi connectivity index (χ2n) is 5.34. The van der Waals surface area contributed by atoms with Gasteiger partial charge in [-0.05, 0) is 18.8 Å². The fourth-order valence-electron chi connectivity index (χ4n) is 2.38. The second kappa shape index (κ2) is 6.52. The summed E-state index contributed by atoms with van der Waals surface area (Å²) in [5.74, 6) is 0.797. The van der Waals surface area contributed by atoms with E-state index in [1.807, 2.05) is 6.92 Å². The average molecular weight is 315 g/mol. The third-order valence-electron chi connectivity index (χ3n) is 3.50. The van der Waals surface area contributed by atoms with Crippen molar-refractivity contribution in [3.63, 3.8) is 0 Å². The molecule has 2 heterocycles. The van der Waals surface area contributed by atoms with E-state index in [2.05, 4.69) is 19.9 Å². The molecule has 1 aliphatic rings. The molecule has 0 saturated carbocycles. The lowest BCUT2D eigenvalue weighted by molar-refractivity contribution is 0.0664. The third kappa shape index (κ3) is 4.50. The number of hydrogen-bond donors (Lipinski definition) is 2. The number of amides is 1. The minimum Gasteiger partial charge on any atom is -0.336 e. The normalized spacial score (nSPS) is 19.7. The number of aromatic amines is 1. The number of piperidine rings is 1. The van der Waals surface area contributed by atoms with Crippen LogP contribution >= 0.6 is 0 Å². The number of carbonyl (C=O) groups excluding carboxylic acids is 1. The number of H-pyrrole nitrogens is 1. The maximum Gasteiger partial charge on any atom is 0.293 e. The molecule has 0 bridgehead atoms. The summed E-state index contributed by atoms with van der Waals surface area (Å²) >= 11 is 0. The molecule has 1 fully saturated rings. The van der Waals surface area contributed by atoms with E-state index in [1.54, 1.807) is 4.90 Å². The number of likely N-dealkylation sites (tertiary alicyclic amines) is 1. The largest absolute Gasteiger partial charge is 0.336 e. The lowest BCUT2D eigenvalue weighted by Crippen LogP contribution is -2.43. The predicted molar refractivity (Wildman–Crippen MR) is 77.2 cm³/mol. The Morgan fingerprint density at radius 3 is 2.90 bits per heavy atom. The third-order valence-corrected chi connectivity index (χ3v) is 4.19. The first-order chi connectivity index (χ1) is 9.89. The van der Waals surface area contributed by atoms with Gasteiger partial charge in [-0.3, -0.25) is 9.89 Å². The molecule has 2 rings (SSSR count). The standard InChI is InChI=1S/C12H21N5O3S/c1-3-10-14-11(16-15-10)12(18)17-6-4-5-9(8-17)7-13-21(2,19)20/h9,13H,3-8H2,1-2H3,(H,14,15,16). The van der Waals surface area contributed by atoms with Crippen LogP contribution in [0.25, 0.3) is 0 Å². The van der Waals surface area contributed by atoms with Gasteiger partial charge in [0.2, 0.25) is 15.8 Å². The molecule has 1 amide bonds. The molecular formula is C12H21N5O3S. The molecule has 0 spiro atoms. The van der Waals surface area contributed by atoms with Crippen molar-refractivity contribution < 1.29 is 13.2 Å². The summed E-state index contributed by atoms with van der Waals surface area (Å²) in [6.45, 7) is 3.47. The summed E-state index contributed by atoms with van der Waals surface area (Å²) < 4.78 is 24.8. The Hall–Kier alpha value is -1.48. The van der Waals surface area contributed by atoms with Crippen molar-refractivity contribution in [3.8, 4) is 0 Å². The Morgan fingerprint density at radius 1 is 1.52 bits per heavy atom. The van der Waals surface area contributed by atoms with Gasteiger partial charge in [-0.2, -0.15) is 0 Å². The van der Waals surface area contributed by atoms with Crippen LogP contribution in [0, 0.1) is 5.92 Å². The van der Waals surface area contributed by atoms with Gasteiger partial charge in [0.15, 0.2) is 0 Å². The van der Waals surface area contributed by atoms with Crippen LogP contribution in [0.4, 0.5) is 0 Å². The van der Waals surface area contributed by atoms with Crippen LogP contribution < -0.4 is 4.72 Å². The lowest BCUT2D eigenvalue weighted by Gasteiger charge is -2.32. The molecule has 1 aromatic rings. The van der Waals surface area contributed by atoms with E-state index in [1.165, 1.54) is 0 Å².